The summed E-state index contributed by atoms with van der Waals surface area (Å²) in [6.45, 7) is 11.3. The Kier molecular flexibility index (Phi) is 5.07. The fourth-order valence-corrected chi connectivity index (χ4v) is 2.63. The molecule has 1 N–H and O–H groups in total. The van der Waals surface area contributed by atoms with Crippen molar-refractivity contribution in [3.63, 3.8) is 0 Å². The van der Waals surface area contributed by atoms with Gasteiger partial charge in [0, 0.05) is 19.1 Å². The van der Waals surface area contributed by atoms with Crippen molar-refractivity contribution in [1.82, 2.24) is 4.90 Å². The quantitative estimate of drug-likeness (QED) is 0.758. The van der Waals surface area contributed by atoms with E-state index in [2.05, 4.69) is 32.6 Å². The maximum Gasteiger partial charge on any atom is 0.0695 e. The Balaban J connectivity index is 2.53. The molecule has 0 aromatic carbocycles. The second-order valence-corrected chi connectivity index (χ2v) is 5.81. The molecule has 0 radical (unpaired) electrons. The van der Waals surface area contributed by atoms with E-state index in [0.717, 1.165) is 19.5 Å². The van der Waals surface area contributed by atoms with Gasteiger partial charge in [0.15, 0.2) is 0 Å². The predicted molar refractivity (Wildman–Crippen MR) is 64.9 cm³/mol. The molecule has 1 aliphatic carbocycles. The molecule has 0 aliphatic heterocycles. The molecule has 0 heterocycles. The van der Waals surface area contributed by atoms with Gasteiger partial charge < -0.3 is 5.11 Å². The van der Waals surface area contributed by atoms with Gasteiger partial charge in [-0.1, -0.05) is 27.7 Å². The first-order valence-corrected chi connectivity index (χ1v) is 6.42. The summed E-state index contributed by atoms with van der Waals surface area (Å²) >= 11 is 0. The molecular formula is C13H27NO. The summed E-state index contributed by atoms with van der Waals surface area (Å²) in [5, 5.41) is 9.94. The molecule has 1 aliphatic rings. The van der Waals surface area contributed by atoms with Crippen molar-refractivity contribution in [3.05, 3.63) is 0 Å². The molecule has 15 heavy (non-hydrogen) atoms. The molecule has 90 valence electrons. The Morgan fingerprint density at radius 2 is 1.60 bits per heavy atom. The molecule has 2 atom stereocenters. The summed E-state index contributed by atoms with van der Waals surface area (Å²) < 4.78 is 0. The van der Waals surface area contributed by atoms with Crippen LogP contribution in [-0.4, -0.2) is 35.2 Å². The van der Waals surface area contributed by atoms with Crippen LogP contribution < -0.4 is 0 Å². The summed E-state index contributed by atoms with van der Waals surface area (Å²) in [7, 11) is 0. The van der Waals surface area contributed by atoms with Crippen molar-refractivity contribution in [2.75, 3.05) is 13.1 Å². The summed E-state index contributed by atoms with van der Waals surface area (Å²) in [5.41, 5.74) is 0. The monoisotopic (exact) mass is 213 g/mol. The minimum atomic E-state index is -0.0810. The van der Waals surface area contributed by atoms with Crippen LogP contribution in [-0.2, 0) is 0 Å². The van der Waals surface area contributed by atoms with E-state index >= 15 is 0 Å². The van der Waals surface area contributed by atoms with Gasteiger partial charge in [0.1, 0.15) is 0 Å². The summed E-state index contributed by atoms with van der Waals surface area (Å²) in [4.78, 5) is 2.51. The van der Waals surface area contributed by atoms with Crippen LogP contribution in [0.15, 0.2) is 0 Å². The molecule has 0 bridgehead atoms. The second kappa shape index (κ2) is 5.86. The van der Waals surface area contributed by atoms with Gasteiger partial charge in [-0.25, -0.2) is 0 Å². The van der Waals surface area contributed by atoms with E-state index in [1.54, 1.807) is 0 Å². The lowest BCUT2D eigenvalue weighted by atomic mass is 10.1. The molecule has 2 nitrogen and oxygen atoms in total. The Morgan fingerprint density at radius 1 is 1.07 bits per heavy atom. The van der Waals surface area contributed by atoms with Crippen molar-refractivity contribution < 1.29 is 5.11 Å². The normalized spacial score (nSPS) is 27.2. The molecule has 0 aromatic rings. The average molecular weight is 213 g/mol. The van der Waals surface area contributed by atoms with E-state index in [4.69, 9.17) is 0 Å². The molecule has 0 amide bonds. The van der Waals surface area contributed by atoms with Gasteiger partial charge in [0.05, 0.1) is 6.10 Å². The third kappa shape index (κ3) is 4.12. The Hall–Kier alpha value is -0.0800. The summed E-state index contributed by atoms with van der Waals surface area (Å²) in [6.07, 6.45) is 3.29. The predicted octanol–water partition coefficient (Wildman–Crippen LogP) is 2.51. The zero-order chi connectivity index (χ0) is 11.4. The van der Waals surface area contributed by atoms with Crippen molar-refractivity contribution in [3.8, 4) is 0 Å². The number of aliphatic hydroxyl groups excluding tert-OH is 1. The van der Waals surface area contributed by atoms with Gasteiger partial charge in [0.2, 0.25) is 0 Å². The molecule has 0 spiro atoms. The Labute approximate surface area is 94.7 Å². The van der Waals surface area contributed by atoms with Crippen molar-refractivity contribution in [2.45, 2.75) is 59.1 Å². The lowest BCUT2D eigenvalue weighted by molar-refractivity contribution is 0.0563. The lowest BCUT2D eigenvalue weighted by Crippen LogP contribution is -2.44. The fourth-order valence-electron chi connectivity index (χ4n) is 2.63. The topological polar surface area (TPSA) is 23.5 Å². The van der Waals surface area contributed by atoms with Gasteiger partial charge in [-0.2, -0.15) is 0 Å². The van der Waals surface area contributed by atoms with Crippen molar-refractivity contribution in [2.24, 2.45) is 11.8 Å². The van der Waals surface area contributed by atoms with Crippen LogP contribution >= 0.6 is 0 Å². The standard InChI is InChI=1S/C13H27NO/c1-10(2)8-14(9-11(3)4)12-6-5-7-13(12)15/h10-13,15H,5-9H2,1-4H3/t12-,13-/m0/s1. The highest BCUT2D eigenvalue weighted by atomic mass is 16.3. The van der Waals surface area contributed by atoms with Crippen LogP contribution in [0.4, 0.5) is 0 Å². The van der Waals surface area contributed by atoms with E-state index in [0.29, 0.717) is 17.9 Å². The molecule has 0 saturated heterocycles. The number of aliphatic hydroxyl groups is 1. The third-order valence-corrected chi connectivity index (χ3v) is 3.11. The third-order valence-electron chi connectivity index (χ3n) is 3.11. The van der Waals surface area contributed by atoms with E-state index in [-0.39, 0.29) is 6.10 Å². The molecule has 0 aromatic heterocycles. The lowest BCUT2D eigenvalue weighted by Gasteiger charge is -2.33. The highest BCUT2D eigenvalue weighted by molar-refractivity contribution is 4.85. The molecule has 2 heteroatoms. The average Bonchev–Trinajstić information content (AvgIpc) is 2.48. The van der Waals surface area contributed by atoms with E-state index in [1.807, 2.05) is 0 Å². The minimum absolute atomic E-state index is 0.0810. The van der Waals surface area contributed by atoms with Crippen LogP contribution in [0.2, 0.25) is 0 Å². The number of hydrogen-bond acceptors (Lipinski definition) is 2. The smallest absolute Gasteiger partial charge is 0.0695 e. The Bertz CT molecular complexity index is 169. The van der Waals surface area contributed by atoms with E-state index in [9.17, 15) is 5.11 Å². The first-order chi connectivity index (χ1) is 7.00. The van der Waals surface area contributed by atoms with Gasteiger partial charge >= 0.3 is 0 Å². The van der Waals surface area contributed by atoms with Gasteiger partial charge in [-0.05, 0) is 31.1 Å². The largest absolute Gasteiger partial charge is 0.391 e. The van der Waals surface area contributed by atoms with Crippen LogP contribution in [0, 0.1) is 11.8 Å². The first-order valence-electron chi connectivity index (χ1n) is 6.42. The highest BCUT2D eigenvalue weighted by Gasteiger charge is 2.30. The van der Waals surface area contributed by atoms with Crippen molar-refractivity contribution >= 4 is 0 Å². The molecule has 0 unspecified atom stereocenters. The zero-order valence-electron chi connectivity index (χ0n) is 10.7. The van der Waals surface area contributed by atoms with Crippen LogP contribution in [0.1, 0.15) is 47.0 Å². The van der Waals surface area contributed by atoms with Crippen LogP contribution in [0.25, 0.3) is 0 Å². The van der Waals surface area contributed by atoms with E-state index in [1.165, 1.54) is 12.8 Å². The zero-order valence-corrected chi connectivity index (χ0v) is 10.7. The van der Waals surface area contributed by atoms with Gasteiger partial charge in [-0.3, -0.25) is 4.90 Å². The molecule has 1 fully saturated rings. The number of rotatable bonds is 5. The fraction of sp³-hybridized carbons (Fsp3) is 1.00. The second-order valence-electron chi connectivity index (χ2n) is 5.81. The SMILES string of the molecule is CC(C)CN(CC(C)C)[C@H]1CCC[C@@H]1O. The Morgan fingerprint density at radius 3 is 1.93 bits per heavy atom. The first kappa shape index (κ1) is 13.0. The number of hydrogen-bond donors (Lipinski definition) is 1. The van der Waals surface area contributed by atoms with Gasteiger partial charge in [0.25, 0.3) is 0 Å². The molecular weight excluding hydrogens is 186 g/mol. The molecule has 1 saturated carbocycles. The summed E-state index contributed by atoms with van der Waals surface area (Å²) in [5.74, 6) is 1.38. The minimum Gasteiger partial charge on any atom is -0.391 e. The summed E-state index contributed by atoms with van der Waals surface area (Å²) in [6, 6.07) is 0.426. The highest BCUT2D eigenvalue weighted by Crippen LogP contribution is 2.25. The number of nitrogens with zero attached hydrogens (tertiary/aromatic N) is 1. The van der Waals surface area contributed by atoms with Crippen LogP contribution in [0.3, 0.4) is 0 Å². The maximum absolute atomic E-state index is 9.94. The molecule has 1 rings (SSSR count). The van der Waals surface area contributed by atoms with Crippen LogP contribution in [0.5, 0.6) is 0 Å². The van der Waals surface area contributed by atoms with Crippen molar-refractivity contribution in [1.29, 1.82) is 0 Å². The van der Waals surface area contributed by atoms with E-state index < -0.39 is 0 Å². The maximum atomic E-state index is 9.94. The van der Waals surface area contributed by atoms with Gasteiger partial charge in [-0.15, -0.1) is 0 Å².